The maximum atomic E-state index is 2.44. The fourth-order valence-electron chi connectivity index (χ4n) is 3.41. The van der Waals surface area contributed by atoms with Crippen LogP contribution in [0, 0.1) is 0 Å². The molecule has 0 aromatic heterocycles. The van der Waals surface area contributed by atoms with Crippen molar-refractivity contribution in [3.8, 4) is 0 Å². The van der Waals surface area contributed by atoms with Gasteiger partial charge in [-0.2, -0.15) is 0 Å². The van der Waals surface area contributed by atoms with E-state index in [1.807, 2.05) is 0 Å². The van der Waals surface area contributed by atoms with Crippen LogP contribution in [0.5, 0.6) is 0 Å². The van der Waals surface area contributed by atoms with Gasteiger partial charge in [0.25, 0.3) is 0 Å². The molecule has 0 nitrogen and oxygen atoms in total. The first-order valence-corrected chi connectivity index (χ1v) is 10.6. The Kier molecular flexibility index (Phi) is 4.77. The molecule has 3 aliphatic rings. The van der Waals surface area contributed by atoms with Crippen LogP contribution in [-0.4, -0.2) is 0 Å². The minimum atomic E-state index is -0.531. The van der Waals surface area contributed by atoms with Gasteiger partial charge in [0.15, 0.2) is 0 Å². The van der Waals surface area contributed by atoms with E-state index >= 15 is 0 Å². The van der Waals surface area contributed by atoms with Crippen LogP contribution in [0.2, 0.25) is 0 Å². The van der Waals surface area contributed by atoms with Gasteiger partial charge in [0.2, 0.25) is 0 Å². The summed E-state index contributed by atoms with van der Waals surface area (Å²) in [6.07, 6.45) is 4.87. The third kappa shape index (κ3) is 2.40. The van der Waals surface area contributed by atoms with Gasteiger partial charge in [-0.3, -0.25) is 0 Å². The van der Waals surface area contributed by atoms with Crippen LogP contribution in [-0.2, 0) is 23.2 Å². The van der Waals surface area contributed by atoms with Crippen LogP contribution in [0.4, 0.5) is 0 Å². The van der Waals surface area contributed by atoms with Gasteiger partial charge in [-0.15, -0.1) is 0 Å². The number of rotatable bonds is 0. The molecular formula is C18H12Cl2SZr. The zero-order valence-corrected chi connectivity index (χ0v) is 16.4. The Hall–Kier alpha value is -0.267. The van der Waals surface area contributed by atoms with Gasteiger partial charge < -0.3 is 24.8 Å². The van der Waals surface area contributed by atoms with Crippen LogP contribution < -0.4 is 24.8 Å². The predicted octanol–water partition coefficient (Wildman–Crippen LogP) is -0.985. The minimum Gasteiger partial charge on any atom is -1.00 e. The molecule has 5 rings (SSSR count). The monoisotopic (exact) mass is 420 g/mol. The largest absolute Gasteiger partial charge is 1.00 e. The number of fused-ring (bicyclic) bond motifs is 6. The van der Waals surface area contributed by atoms with Crippen molar-refractivity contribution < 1.29 is 48.0 Å². The molecule has 0 saturated carbocycles. The summed E-state index contributed by atoms with van der Waals surface area (Å²) in [6.45, 7) is 0. The van der Waals surface area contributed by atoms with Crippen LogP contribution in [0.25, 0.3) is 12.2 Å². The second-order valence-corrected chi connectivity index (χ2v) is 10.3. The van der Waals surface area contributed by atoms with Crippen molar-refractivity contribution in [1.82, 2.24) is 0 Å². The molecular weight excluding hydrogens is 410 g/mol. The summed E-state index contributed by atoms with van der Waals surface area (Å²) in [5.41, 5.74) is 6.14. The molecule has 4 heteroatoms. The molecule has 108 valence electrons. The molecule has 2 aromatic carbocycles. The van der Waals surface area contributed by atoms with Crippen molar-refractivity contribution in [3.05, 3.63) is 80.6 Å². The molecule has 0 spiro atoms. The number of benzene rings is 2. The normalized spacial score (nSPS) is 22.2. The van der Waals surface area contributed by atoms with Crippen LogP contribution >= 0.6 is 11.8 Å². The summed E-state index contributed by atoms with van der Waals surface area (Å²) < 4.78 is 1.57. The van der Waals surface area contributed by atoms with E-state index in [2.05, 4.69) is 72.4 Å². The number of hydrogen-bond donors (Lipinski definition) is 0. The van der Waals surface area contributed by atoms with E-state index in [9.17, 15) is 0 Å². The Morgan fingerprint density at radius 3 is 1.64 bits per heavy atom. The summed E-state index contributed by atoms with van der Waals surface area (Å²) in [5, 5.41) is 0. The van der Waals surface area contributed by atoms with E-state index < -0.39 is 23.2 Å². The van der Waals surface area contributed by atoms with Crippen molar-refractivity contribution >= 4 is 23.9 Å². The van der Waals surface area contributed by atoms with Crippen molar-refractivity contribution in [2.24, 2.45) is 0 Å². The van der Waals surface area contributed by atoms with Gasteiger partial charge in [0, 0.05) is 0 Å². The van der Waals surface area contributed by atoms with E-state index in [4.69, 9.17) is 0 Å². The quantitative estimate of drug-likeness (QED) is 0.526. The van der Waals surface area contributed by atoms with Crippen LogP contribution in [0.15, 0.2) is 58.3 Å². The molecule has 1 heterocycles. The van der Waals surface area contributed by atoms with Gasteiger partial charge in [-0.1, -0.05) is 0 Å². The summed E-state index contributed by atoms with van der Waals surface area (Å²) in [6, 6.07) is 18.0. The molecule has 0 bridgehead atoms. The van der Waals surface area contributed by atoms with Crippen molar-refractivity contribution in [2.45, 2.75) is 7.25 Å². The SMILES string of the molecule is C1=C2SC3=Cc4ccccc4[CH]3[Zr+2][CH]2c2ccccc21.[Cl-].[Cl-]. The van der Waals surface area contributed by atoms with Crippen LogP contribution in [0.3, 0.4) is 0 Å². The minimum absolute atomic E-state index is 0. The van der Waals surface area contributed by atoms with Crippen molar-refractivity contribution in [3.63, 3.8) is 0 Å². The molecule has 0 N–H and O–H groups in total. The maximum absolute atomic E-state index is 2.44. The number of hydrogen-bond acceptors (Lipinski definition) is 1. The maximum Gasteiger partial charge on any atom is -1.00 e. The molecule has 0 amide bonds. The molecule has 0 radical (unpaired) electrons. The molecule has 2 atom stereocenters. The van der Waals surface area contributed by atoms with Gasteiger partial charge in [-0.05, 0) is 0 Å². The van der Waals surface area contributed by atoms with Gasteiger partial charge >= 0.3 is 135 Å². The van der Waals surface area contributed by atoms with Gasteiger partial charge in [-0.25, -0.2) is 0 Å². The molecule has 2 aliphatic carbocycles. The Balaban J connectivity index is 0.000000720. The molecule has 1 fully saturated rings. The van der Waals surface area contributed by atoms with E-state index in [1.54, 1.807) is 20.9 Å². The van der Waals surface area contributed by atoms with Crippen molar-refractivity contribution in [1.29, 1.82) is 0 Å². The summed E-state index contributed by atoms with van der Waals surface area (Å²) in [5.74, 6) is 0. The molecule has 1 aliphatic heterocycles. The van der Waals surface area contributed by atoms with E-state index in [-0.39, 0.29) is 24.8 Å². The average molecular weight is 422 g/mol. The predicted molar refractivity (Wildman–Crippen MR) is 81.9 cm³/mol. The fourth-order valence-corrected chi connectivity index (χ4v) is 10.4. The Labute approximate surface area is 158 Å². The first kappa shape index (κ1) is 16.6. The summed E-state index contributed by atoms with van der Waals surface area (Å²) >= 11 is 1.52. The van der Waals surface area contributed by atoms with Crippen molar-refractivity contribution in [2.75, 3.05) is 0 Å². The topological polar surface area (TPSA) is 0 Å². The Bertz CT molecular complexity index is 732. The number of thioether (sulfide) groups is 1. The molecule has 1 saturated heterocycles. The number of allylic oxidation sites excluding steroid dienone is 2. The third-order valence-corrected chi connectivity index (χ3v) is 11.3. The molecule has 2 aromatic rings. The Morgan fingerprint density at radius 2 is 1.14 bits per heavy atom. The first-order valence-electron chi connectivity index (χ1n) is 6.95. The third-order valence-electron chi connectivity index (χ3n) is 4.35. The first-order chi connectivity index (χ1) is 9.90. The molecule has 2 unspecified atom stereocenters. The summed E-state index contributed by atoms with van der Waals surface area (Å²) in [7, 11) is 0. The standard InChI is InChI=1S/C18H12S.2ClH.Zr/c1-2-6-14-10-17(9-13(14)5-1)19-18-11-15-7-3-4-8-16(15)12-18;;;/h1-12H;2*1H;/q;;;+2/p-2. The average Bonchev–Trinajstić information content (AvgIpc) is 3.02. The van der Waals surface area contributed by atoms with Crippen LogP contribution in [0.1, 0.15) is 29.5 Å². The fraction of sp³-hybridized carbons (Fsp3) is 0.111. The van der Waals surface area contributed by atoms with E-state index in [0.29, 0.717) is 0 Å². The smallest absolute Gasteiger partial charge is 1.00 e. The number of halogens is 2. The van der Waals surface area contributed by atoms with E-state index in [1.165, 1.54) is 11.1 Å². The zero-order chi connectivity index (χ0) is 13.1. The Morgan fingerprint density at radius 1 is 0.682 bits per heavy atom. The second kappa shape index (κ2) is 6.32. The molecule has 22 heavy (non-hydrogen) atoms. The zero-order valence-electron chi connectivity index (χ0n) is 11.6. The second-order valence-electron chi connectivity index (χ2n) is 5.49. The van der Waals surface area contributed by atoms with Gasteiger partial charge in [0.1, 0.15) is 0 Å². The van der Waals surface area contributed by atoms with Gasteiger partial charge in [0.05, 0.1) is 0 Å². The van der Waals surface area contributed by atoms with E-state index in [0.717, 1.165) is 7.25 Å². The summed E-state index contributed by atoms with van der Waals surface area (Å²) in [4.78, 5) is 3.24.